The standard InChI is InChI=1S/C22H21FN2O3S/c23-15-8-6-14(7-9-15)22(10-1-2-11-22)21(27)28-13-19(26)25-20-17(12-24)16-4-3-5-18(16)29-20/h6-9H,1-5,10-11,13H2,(H,25,26). The van der Waals surface area contributed by atoms with Gasteiger partial charge in [0.15, 0.2) is 6.61 Å². The summed E-state index contributed by atoms with van der Waals surface area (Å²) < 4.78 is 18.7. The minimum atomic E-state index is -0.824. The fourth-order valence-electron chi connectivity index (χ4n) is 4.40. The molecular formula is C22H21FN2O3S. The fourth-order valence-corrected chi connectivity index (χ4v) is 5.66. The van der Waals surface area contributed by atoms with Crippen LogP contribution in [0.1, 0.15) is 53.7 Å². The number of amides is 1. The first-order valence-electron chi connectivity index (χ1n) is 9.81. The van der Waals surface area contributed by atoms with E-state index in [2.05, 4.69) is 11.4 Å². The first-order valence-corrected chi connectivity index (χ1v) is 10.6. The molecule has 2 aromatic rings. The summed E-state index contributed by atoms with van der Waals surface area (Å²) in [5.41, 5.74) is 1.46. The molecule has 1 amide bonds. The van der Waals surface area contributed by atoms with E-state index in [1.807, 2.05) is 0 Å². The van der Waals surface area contributed by atoms with Gasteiger partial charge in [-0.05, 0) is 55.4 Å². The molecule has 0 radical (unpaired) electrons. The van der Waals surface area contributed by atoms with E-state index in [4.69, 9.17) is 4.74 Å². The van der Waals surface area contributed by atoms with Gasteiger partial charge in [0.05, 0.1) is 11.0 Å². The maximum atomic E-state index is 13.3. The molecule has 1 aromatic heterocycles. The van der Waals surface area contributed by atoms with Crippen molar-refractivity contribution in [2.24, 2.45) is 0 Å². The highest BCUT2D eigenvalue weighted by molar-refractivity contribution is 7.16. The number of aryl methyl sites for hydroxylation is 1. The van der Waals surface area contributed by atoms with Crippen molar-refractivity contribution >= 4 is 28.2 Å². The smallest absolute Gasteiger partial charge is 0.317 e. The van der Waals surface area contributed by atoms with Crippen LogP contribution in [0, 0.1) is 17.1 Å². The highest BCUT2D eigenvalue weighted by Gasteiger charge is 2.44. The van der Waals surface area contributed by atoms with E-state index in [-0.39, 0.29) is 5.82 Å². The Hall–Kier alpha value is -2.72. The summed E-state index contributed by atoms with van der Waals surface area (Å²) in [6, 6.07) is 8.10. The molecule has 7 heteroatoms. The van der Waals surface area contributed by atoms with E-state index in [0.29, 0.717) is 23.4 Å². The Balaban J connectivity index is 1.43. The molecule has 5 nitrogen and oxygen atoms in total. The van der Waals surface area contributed by atoms with Crippen molar-refractivity contribution in [1.82, 2.24) is 0 Å². The molecule has 2 aliphatic rings. The van der Waals surface area contributed by atoms with Crippen LogP contribution in [0.15, 0.2) is 24.3 Å². The van der Waals surface area contributed by atoms with Gasteiger partial charge >= 0.3 is 5.97 Å². The second-order valence-corrected chi connectivity index (χ2v) is 8.70. The number of nitrogens with one attached hydrogen (secondary N) is 1. The number of carbonyl (C=O) groups excluding carboxylic acids is 2. The molecule has 29 heavy (non-hydrogen) atoms. The van der Waals surface area contributed by atoms with Crippen LogP contribution >= 0.6 is 11.3 Å². The molecular weight excluding hydrogens is 391 g/mol. The zero-order valence-corrected chi connectivity index (χ0v) is 16.7. The topological polar surface area (TPSA) is 79.2 Å². The molecule has 1 N–H and O–H groups in total. The number of esters is 1. The maximum Gasteiger partial charge on any atom is 0.317 e. The molecule has 0 spiro atoms. The van der Waals surface area contributed by atoms with Gasteiger partial charge in [-0.1, -0.05) is 25.0 Å². The van der Waals surface area contributed by atoms with Gasteiger partial charge < -0.3 is 10.1 Å². The van der Waals surface area contributed by atoms with Gasteiger partial charge in [0.25, 0.3) is 5.91 Å². The third kappa shape index (κ3) is 3.65. The van der Waals surface area contributed by atoms with Crippen molar-refractivity contribution < 1.29 is 18.7 Å². The van der Waals surface area contributed by atoms with Gasteiger partial charge in [-0.25, -0.2) is 4.39 Å². The highest BCUT2D eigenvalue weighted by Crippen LogP contribution is 2.42. The van der Waals surface area contributed by atoms with E-state index in [0.717, 1.165) is 48.1 Å². The summed E-state index contributed by atoms with van der Waals surface area (Å²) in [6.45, 7) is -0.408. The summed E-state index contributed by atoms with van der Waals surface area (Å²) in [7, 11) is 0. The number of halogens is 1. The lowest BCUT2D eigenvalue weighted by Crippen LogP contribution is -2.36. The number of thiophene rings is 1. The second kappa shape index (κ2) is 7.96. The first-order chi connectivity index (χ1) is 14.0. The molecule has 1 fully saturated rings. The van der Waals surface area contributed by atoms with Crippen LogP contribution in [-0.4, -0.2) is 18.5 Å². The van der Waals surface area contributed by atoms with Gasteiger partial charge in [-0.2, -0.15) is 5.26 Å². The normalized spacial score (nSPS) is 16.8. The van der Waals surface area contributed by atoms with Gasteiger partial charge in [0.1, 0.15) is 16.9 Å². The largest absolute Gasteiger partial charge is 0.455 e. The highest BCUT2D eigenvalue weighted by atomic mass is 32.1. The van der Waals surface area contributed by atoms with E-state index in [1.165, 1.54) is 23.5 Å². The van der Waals surface area contributed by atoms with E-state index in [9.17, 15) is 19.2 Å². The predicted molar refractivity (Wildman–Crippen MR) is 107 cm³/mol. The zero-order valence-electron chi connectivity index (χ0n) is 15.9. The average Bonchev–Trinajstić information content (AvgIpc) is 3.43. The van der Waals surface area contributed by atoms with Crippen LogP contribution in [0.25, 0.3) is 0 Å². The minimum absolute atomic E-state index is 0.356. The number of fused-ring (bicyclic) bond motifs is 1. The zero-order chi connectivity index (χ0) is 20.4. The Morgan fingerprint density at radius 1 is 1.17 bits per heavy atom. The fraction of sp³-hybridized carbons (Fsp3) is 0.409. The number of anilines is 1. The van der Waals surface area contributed by atoms with Crippen molar-refractivity contribution in [3.63, 3.8) is 0 Å². The van der Waals surface area contributed by atoms with Crippen LogP contribution in [0.2, 0.25) is 0 Å². The third-order valence-electron chi connectivity index (χ3n) is 5.87. The maximum absolute atomic E-state index is 13.3. The van der Waals surface area contributed by atoms with Crippen molar-refractivity contribution in [3.8, 4) is 6.07 Å². The molecule has 4 rings (SSSR count). The molecule has 0 atom stereocenters. The molecule has 0 aliphatic heterocycles. The first kappa shape index (κ1) is 19.6. The van der Waals surface area contributed by atoms with Crippen molar-refractivity contribution in [3.05, 3.63) is 51.7 Å². The van der Waals surface area contributed by atoms with Crippen LogP contribution in [0.5, 0.6) is 0 Å². The average molecular weight is 412 g/mol. The number of nitriles is 1. The number of carbonyl (C=O) groups is 2. The predicted octanol–water partition coefficient (Wildman–Crippen LogP) is 4.24. The summed E-state index contributed by atoms with van der Waals surface area (Å²) in [5, 5.41) is 12.7. The number of benzene rings is 1. The summed E-state index contributed by atoms with van der Waals surface area (Å²) in [5.74, 6) is -1.27. The minimum Gasteiger partial charge on any atom is -0.455 e. The SMILES string of the molecule is N#Cc1c(NC(=O)COC(=O)C2(c3ccc(F)cc3)CCCC2)sc2c1CCC2. The number of ether oxygens (including phenoxy) is 1. The number of hydrogen-bond donors (Lipinski definition) is 1. The monoisotopic (exact) mass is 412 g/mol. The number of hydrogen-bond acceptors (Lipinski definition) is 5. The van der Waals surface area contributed by atoms with Crippen LogP contribution in [0.3, 0.4) is 0 Å². The number of nitrogens with zero attached hydrogens (tertiary/aromatic N) is 1. The second-order valence-electron chi connectivity index (χ2n) is 7.59. The Bertz CT molecular complexity index is 985. The molecule has 1 heterocycles. The van der Waals surface area contributed by atoms with Gasteiger partial charge in [0, 0.05) is 4.88 Å². The van der Waals surface area contributed by atoms with Crippen LogP contribution in [-0.2, 0) is 32.6 Å². The van der Waals surface area contributed by atoms with Crippen molar-refractivity contribution in [2.45, 2.75) is 50.4 Å². The summed E-state index contributed by atoms with van der Waals surface area (Å²) in [6.07, 6.45) is 5.83. The third-order valence-corrected chi connectivity index (χ3v) is 7.07. The Kier molecular flexibility index (Phi) is 5.37. The Labute approximate surface area is 172 Å². The van der Waals surface area contributed by atoms with E-state index >= 15 is 0 Å². The quantitative estimate of drug-likeness (QED) is 0.745. The molecule has 150 valence electrons. The lowest BCUT2D eigenvalue weighted by Gasteiger charge is -2.27. The molecule has 0 unspecified atom stereocenters. The summed E-state index contributed by atoms with van der Waals surface area (Å²) in [4.78, 5) is 26.4. The van der Waals surface area contributed by atoms with Gasteiger partial charge in [0.2, 0.25) is 0 Å². The Morgan fingerprint density at radius 3 is 2.59 bits per heavy atom. The van der Waals surface area contributed by atoms with E-state index < -0.39 is 23.9 Å². The molecule has 2 aliphatic carbocycles. The molecule has 0 bridgehead atoms. The van der Waals surface area contributed by atoms with E-state index in [1.54, 1.807) is 12.1 Å². The molecule has 1 saturated carbocycles. The lowest BCUT2D eigenvalue weighted by atomic mass is 9.79. The summed E-state index contributed by atoms with van der Waals surface area (Å²) >= 11 is 1.43. The lowest BCUT2D eigenvalue weighted by molar-refractivity contribution is -0.153. The van der Waals surface area contributed by atoms with Crippen LogP contribution in [0.4, 0.5) is 9.39 Å². The van der Waals surface area contributed by atoms with Crippen molar-refractivity contribution in [1.29, 1.82) is 5.26 Å². The van der Waals surface area contributed by atoms with Gasteiger partial charge in [-0.3, -0.25) is 9.59 Å². The Morgan fingerprint density at radius 2 is 1.90 bits per heavy atom. The van der Waals surface area contributed by atoms with Crippen molar-refractivity contribution in [2.75, 3.05) is 11.9 Å². The van der Waals surface area contributed by atoms with Gasteiger partial charge in [-0.15, -0.1) is 11.3 Å². The van der Waals surface area contributed by atoms with Crippen LogP contribution < -0.4 is 5.32 Å². The molecule has 0 saturated heterocycles. The molecule has 1 aromatic carbocycles. The number of rotatable bonds is 5.